The molecule has 4 rings (SSSR count). The van der Waals surface area contributed by atoms with E-state index >= 15 is 0 Å². The van der Waals surface area contributed by atoms with Gasteiger partial charge in [0, 0.05) is 15.5 Å². The topological polar surface area (TPSA) is 84.5 Å². The summed E-state index contributed by atoms with van der Waals surface area (Å²) in [5.74, 6) is -0.599. The highest BCUT2D eigenvalue weighted by molar-refractivity contribution is 8.00. The first kappa shape index (κ1) is 26.9. The van der Waals surface area contributed by atoms with Crippen molar-refractivity contribution >= 4 is 51.6 Å². The first-order valence-corrected chi connectivity index (χ1v) is 14.4. The SMILES string of the molecule is CCOC(=O)c1c(NC(=O)C(CC)Sc2cccc(NC(=O)Cc3ccccc3)c2)sc2c1CCCC2. The molecule has 1 unspecified atom stereocenters. The van der Waals surface area contributed by atoms with Crippen LogP contribution in [0.5, 0.6) is 0 Å². The lowest BCUT2D eigenvalue weighted by Gasteiger charge is -2.16. The van der Waals surface area contributed by atoms with Crippen LogP contribution in [0.15, 0.2) is 59.5 Å². The molecule has 6 nitrogen and oxygen atoms in total. The van der Waals surface area contributed by atoms with Gasteiger partial charge < -0.3 is 15.4 Å². The van der Waals surface area contributed by atoms with Gasteiger partial charge in [-0.3, -0.25) is 9.59 Å². The number of amides is 2. The Morgan fingerprint density at radius 1 is 1.00 bits per heavy atom. The summed E-state index contributed by atoms with van der Waals surface area (Å²) in [5, 5.41) is 6.23. The molecule has 1 aromatic heterocycles. The molecule has 8 heteroatoms. The number of aryl methyl sites for hydroxylation is 1. The van der Waals surface area contributed by atoms with Crippen molar-refractivity contribution in [1.29, 1.82) is 0 Å². The van der Waals surface area contributed by atoms with E-state index in [4.69, 9.17) is 4.74 Å². The Labute approximate surface area is 226 Å². The molecule has 1 aliphatic carbocycles. The highest BCUT2D eigenvalue weighted by Gasteiger charge is 2.29. The highest BCUT2D eigenvalue weighted by atomic mass is 32.2. The monoisotopic (exact) mass is 536 g/mol. The maximum atomic E-state index is 13.3. The normalized spacial score (nSPS) is 13.4. The van der Waals surface area contributed by atoms with E-state index in [9.17, 15) is 14.4 Å². The van der Waals surface area contributed by atoms with Gasteiger partial charge in [-0.25, -0.2) is 4.79 Å². The third-order valence-electron chi connectivity index (χ3n) is 6.15. The molecule has 0 saturated carbocycles. The van der Waals surface area contributed by atoms with Crippen molar-refractivity contribution in [2.75, 3.05) is 17.2 Å². The molecule has 0 fully saturated rings. The van der Waals surface area contributed by atoms with Crippen LogP contribution < -0.4 is 10.6 Å². The maximum absolute atomic E-state index is 13.3. The summed E-state index contributed by atoms with van der Waals surface area (Å²) >= 11 is 2.94. The van der Waals surface area contributed by atoms with Crippen LogP contribution in [0.25, 0.3) is 0 Å². The number of carbonyl (C=O) groups is 3. The van der Waals surface area contributed by atoms with Crippen molar-refractivity contribution in [2.45, 2.75) is 62.5 Å². The molecule has 0 radical (unpaired) electrons. The third-order valence-corrected chi connectivity index (χ3v) is 8.72. The van der Waals surface area contributed by atoms with Gasteiger partial charge in [-0.2, -0.15) is 0 Å². The van der Waals surface area contributed by atoms with Gasteiger partial charge in [0.25, 0.3) is 0 Å². The third kappa shape index (κ3) is 7.02. The second-order valence-electron chi connectivity index (χ2n) is 8.88. The van der Waals surface area contributed by atoms with Crippen molar-refractivity contribution in [3.05, 3.63) is 76.2 Å². The largest absolute Gasteiger partial charge is 0.462 e. The Balaban J connectivity index is 1.44. The van der Waals surface area contributed by atoms with E-state index in [1.165, 1.54) is 28.0 Å². The lowest BCUT2D eigenvalue weighted by Crippen LogP contribution is -2.25. The molecule has 1 aliphatic rings. The Hall–Kier alpha value is -3.10. The van der Waals surface area contributed by atoms with Crippen molar-refractivity contribution in [3.63, 3.8) is 0 Å². The summed E-state index contributed by atoms with van der Waals surface area (Å²) < 4.78 is 5.32. The number of fused-ring (bicyclic) bond motifs is 1. The standard InChI is InChI=1S/C29H32N2O4S2/c1-3-23(27(33)31-28-26(29(34)35-4-2)22-15-8-9-16-24(22)37-28)36-21-14-10-13-20(18-21)30-25(32)17-19-11-6-5-7-12-19/h5-7,10-14,18,23H,3-4,8-9,15-17H2,1-2H3,(H,30,32)(H,31,33). The number of nitrogens with one attached hydrogen (secondary N) is 2. The molecule has 1 atom stereocenters. The number of thioether (sulfide) groups is 1. The summed E-state index contributed by atoms with van der Waals surface area (Å²) in [6.45, 7) is 4.05. The van der Waals surface area contributed by atoms with Crippen LogP contribution >= 0.6 is 23.1 Å². The predicted octanol–water partition coefficient (Wildman–Crippen LogP) is 6.49. The van der Waals surface area contributed by atoms with Crippen LogP contribution in [0, 0.1) is 0 Å². The lowest BCUT2D eigenvalue weighted by atomic mass is 9.95. The number of ether oxygens (including phenoxy) is 1. The summed E-state index contributed by atoms with van der Waals surface area (Å²) in [6.07, 6.45) is 4.80. The second-order valence-corrected chi connectivity index (χ2v) is 11.3. The number of carbonyl (C=O) groups excluding carboxylic acids is 3. The van der Waals surface area contributed by atoms with Crippen LogP contribution in [0.1, 0.15) is 59.5 Å². The lowest BCUT2D eigenvalue weighted by molar-refractivity contribution is -0.116. The van der Waals surface area contributed by atoms with Crippen molar-refractivity contribution < 1.29 is 19.1 Å². The number of hydrogen-bond donors (Lipinski definition) is 2. The van der Waals surface area contributed by atoms with Gasteiger partial charge >= 0.3 is 5.97 Å². The van der Waals surface area contributed by atoms with Gasteiger partial charge in [0.05, 0.1) is 23.8 Å². The van der Waals surface area contributed by atoms with E-state index in [1.54, 1.807) is 6.92 Å². The molecule has 2 N–H and O–H groups in total. The Bertz CT molecular complexity index is 1260. The van der Waals surface area contributed by atoms with E-state index in [0.29, 0.717) is 35.7 Å². The average Bonchev–Trinajstić information content (AvgIpc) is 3.26. The van der Waals surface area contributed by atoms with Crippen LogP contribution in [0.2, 0.25) is 0 Å². The van der Waals surface area contributed by atoms with Gasteiger partial charge in [0.15, 0.2) is 0 Å². The van der Waals surface area contributed by atoms with Gasteiger partial charge in [-0.05, 0) is 68.4 Å². The molecule has 0 saturated heterocycles. The van der Waals surface area contributed by atoms with Gasteiger partial charge in [-0.15, -0.1) is 23.1 Å². The molecule has 194 valence electrons. The summed E-state index contributed by atoms with van der Waals surface area (Å²) in [4.78, 5) is 40.6. The Morgan fingerprint density at radius 2 is 1.78 bits per heavy atom. The first-order valence-electron chi connectivity index (χ1n) is 12.7. The number of esters is 1. The van der Waals surface area contributed by atoms with E-state index in [0.717, 1.165) is 41.7 Å². The number of benzene rings is 2. The minimum Gasteiger partial charge on any atom is -0.462 e. The smallest absolute Gasteiger partial charge is 0.341 e. The molecule has 0 aliphatic heterocycles. The molecule has 2 amide bonds. The van der Waals surface area contributed by atoms with E-state index in [1.807, 2.05) is 61.5 Å². The summed E-state index contributed by atoms with van der Waals surface area (Å²) in [6, 6.07) is 17.1. The van der Waals surface area contributed by atoms with Crippen molar-refractivity contribution in [2.24, 2.45) is 0 Å². The fourth-order valence-corrected chi connectivity index (χ4v) is 6.68. The predicted molar refractivity (Wildman–Crippen MR) is 151 cm³/mol. The van der Waals surface area contributed by atoms with E-state index in [2.05, 4.69) is 10.6 Å². The summed E-state index contributed by atoms with van der Waals surface area (Å²) in [7, 11) is 0. The second kappa shape index (κ2) is 12.9. The van der Waals surface area contributed by atoms with Gasteiger partial charge in [0.1, 0.15) is 5.00 Å². The fourth-order valence-electron chi connectivity index (χ4n) is 4.39. The molecule has 1 heterocycles. The average molecular weight is 537 g/mol. The maximum Gasteiger partial charge on any atom is 0.341 e. The van der Waals surface area contributed by atoms with Crippen LogP contribution in [0.3, 0.4) is 0 Å². The number of anilines is 2. The van der Waals surface area contributed by atoms with Crippen LogP contribution in [-0.2, 0) is 33.6 Å². The minimum atomic E-state index is -0.364. The molecule has 37 heavy (non-hydrogen) atoms. The van der Waals surface area contributed by atoms with Gasteiger partial charge in [-0.1, -0.05) is 43.3 Å². The quantitative estimate of drug-likeness (QED) is 0.228. The number of thiophene rings is 1. The molecular formula is C29H32N2O4S2. The molecule has 3 aromatic rings. The Morgan fingerprint density at radius 3 is 2.54 bits per heavy atom. The van der Waals surface area contributed by atoms with Crippen LogP contribution in [-0.4, -0.2) is 29.6 Å². The Kier molecular flexibility index (Phi) is 9.41. The van der Waals surface area contributed by atoms with Crippen molar-refractivity contribution in [3.8, 4) is 0 Å². The van der Waals surface area contributed by atoms with Crippen LogP contribution in [0.4, 0.5) is 10.7 Å². The number of rotatable bonds is 10. The van der Waals surface area contributed by atoms with E-state index in [-0.39, 0.29) is 23.0 Å². The molecule has 0 bridgehead atoms. The van der Waals surface area contributed by atoms with Crippen molar-refractivity contribution in [1.82, 2.24) is 0 Å². The van der Waals surface area contributed by atoms with E-state index < -0.39 is 0 Å². The van der Waals surface area contributed by atoms with Gasteiger partial charge in [0.2, 0.25) is 11.8 Å². The fraction of sp³-hybridized carbons (Fsp3) is 0.345. The molecule has 0 spiro atoms. The zero-order chi connectivity index (χ0) is 26.2. The summed E-state index contributed by atoms with van der Waals surface area (Å²) in [5.41, 5.74) is 3.20. The first-order chi connectivity index (χ1) is 18.0. The molecular weight excluding hydrogens is 504 g/mol. The zero-order valence-corrected chi connectivity index (χ0v) is 22.8. The molecule has 2 aromatic carbocycles. The highest BCUT2D eigenvalue weighted by Crippen LogP contribution is 2.39. The number of hydrogen-bond acceptors (Lipinski definition) is 6. The minimum absolute atomic E-state index is 0.0914. The zero-order valence-electron chi connectivity index (χ0n) is 21.2.